The van der Waals surface area contributed by atoms with E-state index in [1.165, 1.54) is 25.9 Å². The third-order valence-electron chi connectivity index (χ3n) is 4.60. The summed E-state index contributed by atoms with van der Waals surface area (Å²) < 4.78 is 10.6. The summed E-state index contributed by atoms with van der Waals surface area (Å²) >= 11 is 0. The number of hydrogen-bond acceptors (Lipinski definition) is 4. The van der Waals surface area contributed by atoms with Crippen molar-refractivity contribution < 1.29 is 9.47 Å². The van der Waals surface area contributed by atoms with Crippen LogP contribution in [0.4, 0.5) is 0 Å². The lowest BCUT2D eigenvalue weighted by Crippen LogP contribution is -2.41. The number of benzene rings is 1. The highest BCUT2D eigenvalue weighted by atomic mass is 127. The van der Waals surface area contributed by atoms with Crippen molar-refractivity contribution in [2.45, 2.75) is 33.2 Å². The molecule has 2 rings (SSSR count). The molecule has 1 aromatic carbocycles. The van der Waals surface area contributed by atoms with E-state index in [1.807, 2.05) is 18.2 Å². The predicted octanol–water partition coefficient (Wildman–Crippen LogP) is 3.11. The van der Waals surface area contributed by atoms with E-state index in [4.69, 9.17) is 14.5 Å². The highest BCUT2D eigenvalue weighted by Gasteiger charge is 2.14. The fourth-order valence-corrected chi connectivity index (χ4v) is 3.23. The summed E-state index contributed by atoms with van der Waals surface area (Å²) in [7, 11) is 3.30. The van der Waals surface area contributed by atoms with Crippen molar-refractivity contribution >= 4 is 29.9 Å². The third-order valence-corrected chi connectivity index (χ3v) is 4.60. The lowest BCUT2D eigenvalue weighted by Gasteiger charge is -2.21. The SMILES string of the molecule is CCNC(=NCc1ccc(OC)c(OC)c1)NCC(C)CN1CCCC1.I. The number of hydrogen-bond donors (Lipinski definition) is 2. The summed E-state index contributed by atoms with van der Waals surface area (Å²) in [6.07, 6.45) is 2.69. The fourth-order valence-electron chi connectivity index (χ4n) is 3.23. The first-order valence-electron chi connectivity index (χ1n) is 9.61. The van der Waals surface area contributed by atoms with Crippen LogP contribution in [-0.2, 0) is 6.54 Å². The van der Waals surface area contributed by atoms with Gasteiger partial charge in [0.2, 0.25) is 0 Å². The molecule has 0 bridgehead atoms. The molecule has 1 aliphatic rings. The molecule has 1 unspecified atom stereocenters. The number of guanidine groups is 1. The maximum absolute atomic E-state index is 5.36. The summed E-state index contributed by atoms with van der Waals surface area (Å²) in [5.41, 5.74) is 1.09. The van der Waals surface area contributed by atoms with E-state index in [2.05, 4.69) is 29.4 Å². The molecule has 1 fully saturated rings. The molecule has 27 heavy (non-hydrogen) atoms. The molecule has 1 aliphatic heterocycles. The van der Waals surface area contributed by atoms with Crippen molar-refractivity contribution in [2.75, 3.05) is 46.9 Å². The van der Waals surface area contributed by atoms with Crippen molar-refractivity contribution in [2.24, 2.45) is 10.9 Å². The van der Waals surface area contributed by atoms with Gasteiger partial charge in [0.15, 0.2) is 17.5 Å². The predicted molar refractivity (Wildman–Crippen MR) is 123 cm³/mol. The molecule has 6 nitrogen and oxygen atoms in total. The lowest BCUT2D eigenvalue weighted by atomic mass is 10.1. The number of aliphatic imine (C=N–C) groups is 1. The van der Waals surface area contributed by atoms with Gasteiger partial charge in [-0.05, 0) is 56.5 Å². The Morgan fingerprint density at radius 2 is 1.85 bits per heavy atom. The van der Waals surface area contributed by atoms with Gasteiger partial charge in [-0.1, -0.05) is 13.0 Å². The molecule has 1 saturated heterocycles. The molecule has 0 aliphatic carbocycles. The molecule has 0 aromatic heterocycles. The molecular formula is C20H35IN4O2. The van der Waals surface area contributed by atoms with Crippen molar-refractivity contribution in [3.05, 3.63) is 23.8 Å². The summed E-state index contributed by atoms with van der Waals surface area (Å²) in [6, 6.07) is 5.91. The van der Waals surface area contributed by atoms with Crippen LogP contribution in [0.1, 0.15) is 32.3 Å². The number of rotatable bonds is 9. The largest absolute Gasteiger partial charge is 0.493 e. The van der Waals surface area contributed by atoms with Crippen molar-refractivity contribution in [1.29, 1.82) is 0 Å². The summed E-state index contributed by atoms with van der Waals surface area (Å²) in [5, 5.41) is 6.79. The van der Waals surface area contributed by atoms with Gasteiger partial charge in [-0.2, -0.15) is 0 Å². The Morgan fingerprint density at radius 1 is 1.15 bits per heavy atom. The van der Waals surface area contributed by atoms with E-state index in [-0.39, 0.29) is 24.0 Å². The summed E-state index contributed by atoms with van der Waals surface area (Å²) in [4.78, 5) is 7.26. The van der Waals surface area contributed by atoms with Gasteiger partial charge in [-0.3, -0.25) is 0 Å². The first-order valence-corrected chi connectivity index (χ1v) is 9.61. The maximum Gasteiger partial charge on any atom is 0.191 e. The van der Waals surface area contributed by atoms with Crippen LogP contribution in [-0.4, -0.2) is 57.8 Å². The monoisotopic (exact) mass is 490 g/mol. The second-order valence-corrected chi connectivity index (χ2v) is 6.88. The summed E-state index contributed by atoms with van der Waals surface area (Å²) in [6.45, 7) is 10.4. The van der Waals surface area contributed by atoms with Gasteiger partial charge in [-0.15, -0.1) is 24.0 Å². The van der Waals surface area contributed by atoms with Gasteiger partial charge in [0.1, 0.15) is 0 Å². The minimum absolute atomic E-state index is 0. The molecule has 0 radical (unpaired) electrons. The zero-order chi connectivity index (χ0) is 18.8. The minimum Gasteiger partial charge on any atom is -0.493 e. The standard InChI is InChI=1S/C20H34N4O2.HI/c1-5-21-20(22-13-16(2)15-24-10-6-7-11-24)23-14-17-8-9-18(25-3)19(12-17)26-4;/h8-9,12,16H,5-7,10-11,13-15H2,1-4H3,(H2,21,22,23);1H. The normalized spacial score (nSPS) is 15.8. The number of halogens is 1. The second kappa shape index (κ2) is 13.0. The van der Waals surface area contributed by atoms with Crippen LogP contribution in [0, 0.1) is 5.92 Å². The van der Waals surface area contributed by atoms with Crippen LogP contribution in [0.2, 0.25) is 0 Å². The number of nitrogens with one attached hydrogen (secondary N) is 2. The molecule has 0 saturated carbocycles. The van der Waals surface area contributed by atoms with Gasteiger partial charge in [-0.25, -0.2) is 4.99 Å². The molecule has 154 valence electrons. The highest BCUT2D eigenvalue weighted by Crippen LogP contribution is 2.27. The van der Waals surface area contributed by atoms with Crippen LogP contribution >= 0.6 is 24.0 Å². The van der Waals surface area contributed by atoms with Gasteiger partial charge in [0.25, 0.3) is 0 Å². The van der Waals surface area contributed by atoms with E-state index < -0.39 is 0 Å². The first kappa shape index (κ1) is 23.8. The lowest BCUT2D eigenvalue weighted by molar-refractivity contribution is 0.287. The third kappa shape index (κ3) is 8.13. The maximum atomic E-state index is 5.36. The van der Waals surface area contributed by atoms with Crippen molar-refractivity contribution in [3.63, 3.8) is 0 Å². The zero-order valence-electron chi connectivity index (χ0n) is 17.1. The quantitative estimate of drug-likeness (QED) is 0.317. The number of nitrogens with zero attached hydrogens (tertiary/aromatic N) is 2. The smallest absolute Gasteiger partial charge is 0.191 e. The Labute approximate surface area is 181 Å². The minimum atomic E-state index is 0. The van der Waals surface area contributed by atoms with Crippen LogP contribution in [0.15, 0.2) is 23.2 Å². The molecule has 7 heteroatoms. The Balaban J connectivity index is 0.00000364. The fraction of sp³-hybridized carbons (Fsp3) is 0.650. The van der Waals surface area contributed by atoms with Crippen LogP contribution in [0.5, 0.6) is 11.5 Å². The first-order chi connectivity index (χ1) is 12.7. The van der Waals surface area contributed by atoms with E-state index in [9.17, 15) is 0 Å². The topological polar surface area (TPSA) is 58.1 Å². The van der Waals surface area contributed by atoms with E-state index in [1.54, 1.807) is 14.2 Å². The van der Waals surface area contributed by atoms with E-state index in [0.29, 0.717) is 12.5 Å². The molecule has 1 heterocycles. The summed E-state index contributed by atoms with van der Waals surface area (Å²) in [5.74, 6) is 2.92. The molecule has 1 atom stereocenters. The number of methoxy groups -OCH3 is 2. The number of ether oxygens (including phenoxy) is 2. The Morgan fingerprint density at radius 3 is 2.48 bits per heavy atom. The van der Waals surface area contributed by atoms with Crippen LogP contribution in [0.3, 0.4) is 0 Å². The molecular weight excluding hydrogens is 455 g/mol. The van der Waals surface area contributed by atoms with E-state index in [0.717, 1.165) is 42.7 Å². The van der Waals surface area contributed by atoms with Crippen LogP contribution in [0.25, 0.3) is 0 Å². The van der Waals surface area contributed by atoms with Crippen molar-refractivity contribution in [3.8, 4) is 11.5 Å². The number of likely N-dealkylation sites (tertiary alicyclic amines) is 1. The van der Waals surface area contributed by atoms with E-state index >= 15 is 0 Å². The molecule has 0 amide bonds. The molecule has 1 aromatic rings. The van der Waals surface area contributed by atoms with Gasteiger partial charge < -0.3 is 25.0 Å². The highest BCUT2D eigenvalue weighted by molar-refractivity contribution is 14.0. The molecule has 0 spiro atoms. The Hall–Kier alpha value is -1.22. The average Bonchev–Trinajstić information content (AvgIpc) is 3.16. The second-order valence-electron chi connectivity index (χ2n) is 6.88. The van der Waals surface area contributed by atoms with Gasteiger partial charge in [0, 0.05) is 19.6 Å². The molecule has 2 N–H and O–H groups in total. The van der Waals surface area contributed by atoms with Gasteiger partial charge >= 0.3 is 0 Å². The Bertz CT molecular complexity index is 577. The Kier molecular flexibility index (Phi) is 11.5. The van der Waals surface area contributed by atoms with Gasteiger partial charge in [0.05, 0.1) is 20.8 Å². The zero-order valence-corrected chi connectivity index (χ0v) is 19.4. The van der Waals surface area contributed by atoms with Crippen LogP contribution < -0.4 is 20.1 Å². The average molecular weight is 490 g/mol. The van der Waals surface area contributed by atoms with Crippen molar-refractivity contribution in [1.82, 2.24) is 15.5 Å².